The van der Waals surface area contributed by atoms with Crippen LogP contribution in [0.2, 0.25) is 0 Å². The lowest BCUT2D eigenvalue weighted by Gasteiger charge is -2.34. The number of hydrogen-bond donors (Lipinski definition) is 1. The Kier molecular flexibility index (Phi) is 6.65. The summed E-state index contributed by atoms with van der Waals surface area (Å²) in [5.41, 5.74) is 4.56. The first-order valence-electron chi connectivity index (χ1n) is 13.2. The Bertz CT molecular complexity index is 1550. The molecule has 0 spiro atoms. The third-order valence-corrected chi connectivity index (χ3v) is 7.62. The largest absolute Gasteiger partial charge is 0.497 e. The number of anilines is 1. The van der Waals surface area contributed by atoms with Crippen molar-refractivity contribution in [1.82, 2.24) is 9.78 Å². The molecule has 1 fully saturated rings. The summed E-state index contributed by atoms with van der Waals surface area (Å²) in [5.74, 6) is 2.48. The Hall–Kier alpha value is -4.38. The highest BCUT2D eigenvalue weighted by atomic mass is 16.5. The summed E-state index contributed by atoms with van der Waals surface area (Å²) in [6.07, 6.45) is 2.46. The van der Waals surface area contributed by atoms with Crippen molar-refractivity contribution in [3.8, 4) is 5.75 Å². The molecule has 1 N–H and O–H groups in total. The summed E-state index contributed by atoms with van der Waals surface area (Å²) >= 11 is 0. The number of carbonyl (C=O) groups excluding carboxylic acids is 1. The van der Waals surface area contributed by atoms with Crippen molar-refractivity contribution < 1.29 is 9.53 Å². The maximum absolute atomic E-state index is 13.2. The first-order chi connectivity index (χ1) is 18.7. The van der Waals surface area contributed by atoms with Crippen molar-refractivity contribution in [1.29, 1.82) is 0 Å². The van der Waals surface area contributed by atoms with E-state index in [4.69, 9.17) is 9.84 Å². The first kappa shape index (κ1) is 24.0. The zero-order valence-electron chi connectivity index (χ0n) is 21.5. The smallest absolute Gasteiger partial charge is 0.229 e. The molecule has 1 aromatic heterocycles. The van der Waals surface area contributed by atoms with Gasteiger partial charge in [0, 0.05) is 12.0 Å². The van der Waals surface area contributed by atoms with Crippen LogP contribution in [0.5, 0.6) is 5.75 Å². The highest BCUT2D eigenvalue weighted by Gasteiger charge is 2.33. The molecule has 0 radical (unpaired) electrons. The van der Waals surface area contributed by atoms with E-state index in [1.54, 1.807) is 7.11 Å². The lowest BCUT2D eigenvalue weighted by atomic mass is 9.70. The van der Waals surface area contributed by atoms with E-state index in [-0.39, 0.29) is 5.91 Å². The van der Waals surface area contributed by atoms with Crippen LogP contribution >= 0.6 is 0 Å². The fourth-order valence-electron chi connectivity index (χ4n) is 5.42. The molecule has 38 heavy (non-hydrogen) atoms. The lowest BCUT2D eigenvalue weighted by Crippen LogP contribution is -2.20. The van der Waals surface area contributed by atoms with Crippen LogP contribution in [-0.2, 0) is 17.8 Å². The molecule has 1 amide bonds. The summed E-state index contributed by atoms with van der Waals surface area (Å²) in [6.45, 7) is 0.572. The molecule has 1 heterocycles. The van der Waals surface area contributed by atoms with Crippen molar-refractivity contribution in [3.05, 3.63) is 126 Å². The van der Waals surface area contributed by atoms with Crippen LogP contribution in [0.4, 0.5) is 5.82 Å². The van der Waals surface area contributed by atoms with Crippen LogP contribution in [0.3, 0.4) is 0 Å². The van der Waals surface area contributed by atoms with Crippen molar-refractivity contribution in [2.45, 2.75) is 37.6 Å². The van der Waals surface area contributed by atoms with Crippen LogP contribution in [0.25, 0.3) is 10.8 Å². The molecular formula is C33H31N3O2. The minimum absolute atomic E-state index is 0.0421. The molecule has 0 atom stereocenters. The van der Waals surface area contributed by atoms with Gasteiger partial charge in [0.05, 0.1) is 25.8 Å². The minimum Gasteiger partial charge on any atom is -0.497 e. The Morgan fingerprint density at radius 3 is 2.42 bits per heavy atom. The number of benzene rings is 4. The van der Waals surface area contributed by atoms with Gasteiger partial charge in [0.15, 0.2) is 0 Å². The van der Waals surface area contributed by atoms with Gasteiger partial charge in [-0.15, -0.1) is 0 Å². The molecule has 1 saturated carbocycles. The summed E-state index contributed by atoms with van der Waals surface area (Å²) in [7, 11) is 1.67. The van der Waals surface area contributed by atoms with Gasteiger partial charge in [-0.05, 0) is 58.4 Å². The lowest BCUT2D eigenvalue weighted by molar-refractivity contribution is -0.115. The second-order valence-corrected chi connectivity index (χ2v) is 10.1. The Morgan fingerprint density at radius 2 is 1.63 bits per heavy atom. The summed E-state index contributed by atoms with van der Waals surface area (Å²) in [4.78, 5) is 13.2. The van der Waals surface area contributed by atoms with Gasteiger partial charge in [-0.25, -0.2) is 4.68 Å². The molecule has 4 aromatic carbocycles. The summed E-state index contributed by atoms with van der Waals surface area (Å²) in [6, 6.07) is 35.1. The molecule has 5 heteroatoms. The molecule has 0 saturated heterocycles. The van der Waals surface area contributed by atoms with E-state index < -0.39 is 0 Å². The molecule has 0 bridgehead atoms. The van der Waals surface area contributed by atoms with Gasteiger partial charge in [-0.3, -0.25) is 4.79 Å². The van der Waals surface area contributed by atoms with Crippen molar-refractivity contribution in [3.63, 3.8) is 0 Å². The topological polar surface area (TPSA) is 56.1 Å². The maximum atomic E-state index is 13.2. The van der Waals surface area contributed by atoms with Gasteiger partial charge in [0.1, 0.15) is 11.6 Å². The van der Waals surface area contributed by atoms with Crippen LogP contribution < -0.4 is 10.1 Å². The average Bonchev–Trinajstić information content (AvgIpc) is 3.30. The van der Waals surface area contributed by atoms with E-state index in [0.29, 0.717) is 24.8 Å². The number of fused-ring (bicyclic) bond motifs is 1. The maximum Gasteiger partial charge on any atom is 0.229 e. The molecule has 0 unspecified atom stereocenters. The number of rotatable bonds is 8. The fourth-order valence-corrected chi connectivity index (χ4v) is 5.42. The van der Waals surface area contributed by atoms with Gasteiger partial charge in [0.25, 0.3) is 0 Å². The van der Waals surface area contributed by atoms with Crippen LogP contribution in [-0.4, -0.2) is 22.8 Å². The number of nitrogens with one attached hydrogen (secondary N) is 1. The zero-order valence-corrected chi connectivity index (χ0v) is 21.5. The van der Waals surface area contributed by atoms with Crippen LogP contribution in [0, 0.1) is 0 Å². The monoisotopic (exact) mass is 501 g/mol. The third kappa shape index (κ3) is 5.05. The van der Waals surface area contributed by atoms with Crippen LogP contribution in [0.1, 0.15) is 47.1 Å². The van der Waals surface area contributed by atoms with Gasteiger partial charge in [-0.2, -0.15) is 5.10 Å². The number of methoxy groups -OCH3 is 1. The second kappa shape index (κ2) is 10.5. The van der Waals surface area contributed by atoms with E-state index >= 15 is 0 Å². The zero-order chi connectivity index (χ0) is 25.9. The van der Waals surface area contributed by atoms with Crippen LogP contribution in [0.15, 0.2) is 103 Å². The molecule has 1 aliphatic rings. The highest BCUT2D eigenvalue weighted by Crippen LogP contribution is 2.47. The number of ether oxygens (including phenoxy) is 1. The van der Waals surface area contributed by atoms with Gasteiger partial charge >= 0.3 is 0 Å². The Labute approximate surface area is 223 Å². The third-order valence-electron chi connectivity index (χ3n) is 7.62. The van der Waals surface area contributed by atoms with E-state index in [0.717, 1.165) is 52.0 Å². The molecular weight excluding hydrogens is 470 g/mol. The molecule has 190 valence electrons. The minimum atomic E-state index is -0.0421. The standard InChI is InChI=1S/C33H31N3O2/c1-38-29-16-14-23(15-17-29)22-36-32(21-31(35-36)28-18-27(19-28)24-8-3-2-4-9-24)34-33(37)20-26-12-7-11-25-10-5-6-13-30(25)26/h2-17,21,27-28H,18-20,22H2,1H3,(H,34,37)/t27-,28+. The fraction of sp³-hybridized carbons (Fsp3) is 0.212. The number of nitrogens with zero attached hydrogens (tertiary/aromatic N) is 2. The average molecular weight is 502 g/mol. The number of carbonyl (C=O) groups is 1. The van der Waals surface area contributed by atoms with E-state index in [1.165, 1.54) is 5.56 Å². The predicted molar refractivity (Wildman–Crippen MR) is 152 cm³/mol. The molecule has 5 aromatic rings. The van der Waals surface area contributed by atoms with Gasteiger partial charge < -0.3 is 10.1 Å². The van der Waals surface area contributed by atoms with Gasteiger partial charge in [0.2, 0.25) is 5.91 Å². The van der Waals surface area contributed by atoms with E-state index in [1.807, 2.05) is 53.2 Å². The van der Waals surface area contributed by atoms with Crippen molar-refractivity contribution in [2.75, 3.05) is 12.4 Å². The quantitative estimate of drug-likeness (QED) is 0.251. The Morgan fingerprint density at radius 1 is 0.895 bits per heavy atom. The number of amides is 1. The summed E-state index contributed by atoms with van der Waals surface area (Å²) in [5, 5.41) is 10.4. The molecule has 6 rings (SSSR count). The van der Waals surface area contributed by atoms with Gasteiger partial charge in [-0.1, -0.05) is 84.9 Å². The second-order valence-electron chi connectivity index (χ2n) is 10.1. The molecule has 0 aliphatic heterocycles. The van der Waals surface area contributed by atoms with E-state index in [9.17, 15) is 4.79 Å². The first-order valence-corrected chi connectivity index (χ1v) is 13.2. The number of hydrogen-bond acceptors (Lipinski definition) is 3. The Balaban J connectivity index is 1.22. The summed E-state index contributed by atoms with van der Waals surface area (Å²) < 4.78 is 7.23. The highest BCUT2D eigenvalue weighted by molar-refractivity contribution is 5.95. The predicted octanol–water partition coefficient (Wildman–Crippen LogP) is 6.94. The normalized spacial score (nSPS) is 16.7. The van der Waals surface area contributed by atoms with Crippen molar-refractivity contribution >= 4 is 22.5 Å². The molecule has 1 aliphatic carbocycles. The van der Waals surface area contributed by atoms with Crippen molar-refractivity contribution in [2.24, 2.45) is 0 Å². The molecule has 5 nitrogen and oxygen atoms in total. The number of aromatic nitrogens is 2. The van der Waals surface area contributed by atoms with E-state index in [2.05, 4.69) is 59.9 Å². The SMILES string of the molecule is COc1ccc(Cn2nc([C@H]3C[C@@H](c4ccccc4)C3)cc2NC(=O)Cc2cccc3ccccc23)cc1.